The van der Waals surface area contributed by atoms with Gasteiger partial charge in [-0.05, 0) is 6.42 Å². The Hall–Kier alpha value is -0.0431. The fraction of sp³-hybridized carbons (Fsp3) is 1.00. The predicted octanol–water partition coefficient (Wildman–Crippen LogP) is -2.73. The van der Waals surface area contributed by atoms with E-state index in [1.54, 1.807) is 0 Å². The van der Waals surface area contributed by atoms with E-state index >= 15 is 0 Å². The van der Waals surface area contributed by atoms with Crippen molar-refractivity contribution >= 4 is 29.5 Å². The molecule has 0 fully saturated rings. The van der Waals surface area contributed by atoms with Crippen molar-refractivity contribution in [2.45, 2.75) is 11.3 Å². The van der Waals surface area contributed by atoms with Crippen LogP contribution in [0, 0.1) is 0 Å². The molecule has 4 N–H and O–H groups in total. The van der Waals surface area contributed by atoms with Crippen molar-refractivity contribution in [3.63, 3.8) is 0 Å². The molecular formula is C3H10O8S2Si. The van der Waals surface area contributed by atoms with Crippen LogP contribution >= 0.6 is 0 Å². The topological polar surface area (TPSA) is 149 Å². The van der Waals surface area contributed by atoms with Gasteiger partial charge in [-0.25, -0.2) is 0 Å². The molecule has 14 heavy (non-hydrogen) atoms. The minimum absolute atomic E-state index is 0.748. The van der Waals surface area contributed by atoms with Crippen LogP contribution in [0.4, 0.5) is 0 Å². The lowest BCUT2D eigenvalue weighted by Crippen LogP contribution is -2.39. The van der Waals surface area contributed by atoms with Gasteiger partial charge >= 0.3 is 9.28 Å². The van der Waals surface area contributed by atoms with Gasteiger partial charge in [-0.15, -0.1) is 0 Å². The van der Waals surface area contributed by atoms with E-state index in [0.717, 1.165) is 0 Å². The Balaban J connectivity index is 4.59. The first kappa shape index (κ1) is 14.0. The average Bonchev–Trinajstić information content (AvgIpc) is 1.79. The maximum Gasteiger partial charge on any atom is 0.337 e. The summed E-state index contributed by atoms with van der Waals surface area (Å²) in [6.07, 6.45) is -0.748. The standard InChI is InChI=1S/C3H10O8S2Si/c4-12(5,6)2-1-3(14(10)11)13(7,8)9/h3,10-11,14H,1-2H2,(H,4,5,6)(H,7,8,9). The highest BCUT2D eigenvalue weighted by Crippen LogP contribution is 2.07. The fourth-order valence-electron chi connectivity index (χ4n) is 0.717. The van der Waals surface area contributed by atoms with Gasteiger partial charge in [0.1, 0.15) is 4.87 Å². The molecule has 0 aromatic heterocycles. The Morgan fingerprint density at radius 3 is 1.71 bits per heavy atom. The lowest BCUT2D eigenvalue weighted by molar-refractivity contribution is 0.389. The second-order valence-corrected chi connectivity index (χ2v) is 7.86. The molecule has 0 amide bonds. The maximum atomic E-state index is 10.5. The van der Waals surface area contributed by atoms with Gasteiger partial charge in [0.25, 0.3) is 20.2 Å². The van der Waals surface area contributed by atoms with E-state index in [-0.39, 0.29) is 0 Å². The fourth-order valence-corrected chi connectivity index (χ4v) is 3.77. The largest absolute Gasteiger partial charge is 0.412 e. The molecule has 0 aliphatic carbocycles. The second kappa shape index (κ2) is 4.65. The second-order valence-electron chi connectivity index (χ2n) is 2.54. The van der Waals surface area contributed by atoms with E-state index in [0.29, 0.717) is 0 Å². The zero-order valence-electron chi connectivity index (χ0n) is 6.81. The third kappa shape index (κ3) is 5.64. The van der Waals surface area contributed by atoms with Crippen LogP contribution in [0.5, 0.6) is 0 Å². The van der Waals surface area contributed by atoms with Crippen LogP contribution in [-0.2, 0) is 20.2 Å². The van der Waals surface area contributed by atoms with Gasteiger partial charge in [0.05, 0.1) is 5.75 Å². The quantitative estimate of drug-likeness (QED) is 0.309. The molecule has 8 nitrogen and oxygen atoms in total. The molecule has 0 aromatic carbocycles. The van der Waals surface area contributed by atoms with E-state index in [1.165, 1.54) is 0 Å². The van der Waals surface area contributed by atoms with Crippen molar-refractivity contribution in [2.75, 3.05) is 5.75 Å². The van der Waals surface area contributed by atoms with E-state index in [9.17, 15) is 16.8 Å². The van der Waals surface area contributed by atoms with E-state index < -0.39 is 46.6 Å². The number of rotatable bonds is 5. The Kier molecular flexibility index (Phi) is 4.64. The molecule has 0 aliphatic heterocycles. The minimum atomic E-state index is -4.70. The van der Waals surface area contributed by atoms with Crippen molar-refractivity contribution in [3.05, 3.63) is 0 Å². The van der Waals surface area contributed by atoms with Gasteiger partial charge in [0, 0.05) is 0 Å². The van der Waals surface area contributed by atoms with Crippen LogP contribution in [0.3, 0.4) is 0 Å². The van der Waals surface area contributed by atoms with Crippen molar-refractivity contribution in [1.29, 1.82) is 0 Å². The van der Waals surface area contributed by atoms with E-state index in [1.807, 2.05) is 0 Å². The van der Waals surface area contributed by atoms with Crippen LogP contribution in [-0.4, -0.2) is 55.4 Å². The van der Waals surface area contributed by atoms with Gasteiger partial charge in [-0.3, -0.25) is 9.11 Å². The van der Waals surface area contributed by atoms with E-state index in [2.05, 4.69) is 0 Å². The molecule has 86 valence electrons. The molecule has 0 radical (unpaired) electrons. The maximum absolute atomic E-state index is 10.5. The molecule has 0 bridgehead atoms. The normalized spacial score (nSPS) is 15.8. The Morgan fingerprint density at radius 1 is 1.07 bits per heavy atom. The highest BCUT2D eigenvalue weighted by molar-refractivity contribution is 7.88. The molecule has 0 spiro atoms. The Labute approximate surface area is 82.5 Å². The molecule has 0 aromatic rings. The van der Waals surface area contributed by atoms with Crippen LogP contribution in [0.2, 0.25) is 0 Å². The SMILES string of the molecule is O=S(=O)(O)CCC([SiH](O)O)S(=O)(=O)O. The van der Waals surface area contributed by atoms with Crippen molar-refractivity contribution in [2.24, 2.45) is 0 Å². The van der Waals surface area contributed by atoms with Gasteiger partial charge in [-0.1, -0.05) is 0 Å². The molecular weight excluding hydrogens is 256 g/mol. The summed E-state index contributed by atoms with van der Waals surface area (Å²) in [5.74, 6) is -0.956. The Bertz CT molecular complexity index is 367. The number of hydrogen-bond acceptors (Lipinski definition) is 6. The lowest BCUT2D eigenvalue weighted by Gasteiger charge is -2.12. The van der Waals surface area contributed by atoms with E-state index in [4.69, 9.17) is 18.7 Å². The first-order valence-electron chi connectivity index (χ1n) is 3.31. The molecule has 0 saturated carbocycles. The summed E-state index contributed by atoms with van der Waals surface area (Å²) < 4.78 is 58.1. The van der Waals surface area contributed by atoms with Gasteiger partial charge in [0.15, 0.2) is 0 Å². The summed E-state index contributed by atoms with van der Waals surface area (Å²) in [5, 5.41) is 0. The van der Waals surface area contributed by atoms with Crippen LogP contribution in [0.1, 0.15) is 6.42 Å². The Morgan fingerprint density at radius 2 is 1.50 bits per heavy atom. The van der Waals surface area contributed by atoms with Gasteiger partial charge < -0.3 is 9.59 Å². The molecule has 0 heterocycles. The zero-order chi connectivity index (χ0) is 11.6. The van der Waals surface area contributed by atoms with Crippen molar-refractivity contribution in [1.82, 2.24) is 0 Å². The summed E-state index contributed by atoms with van der Waals surface area (Å²) in [6, 6.07) is 0. The first-order valence-corrected chi connectivity index (χ1v) is 8.13. The van der Waals surface area contributed by atoms with Crippen LogP contribution < -0.4 is 0 Å². The van der Waals surface area contributed by atoms with Crippen LogP contribution in [0.25, 0.3) is 0 Å². The van der Waals surface area contributed by atoms with Gasteiger partial charge in [0.2, 0.25) is 0 Å². The lowest BCUT2D eigenvalue weighted by atomic mass is 10.6. The molecule has 11 heteroatoms. The third-order valence-corrected chi connectivity index (χ3v) is 5.89. The molecule has 0 rings (SSSR count). The van der Waals surface area contributed by atoms with Crippen molar-refractivity contribution in [3.8, 4) is 0 Å². The zero-order valence-corrected chi connectivity index (χ0v) is 9.59. The summed E-state index contributed by atoms with van der Waals surface area (Å²) in [6.45, 7) is 0. The molecule has 1 atom stereocenters. The monoisotopic (exact) mass is 266 g/mol. The smallest absolute Gasteiger partial charge is 0.337 e. The predicted molar refractivity (Wildman–Crippen MR) is 48.0 cm³/mol. The molecule has 0 aliphatic rings. The summed E-state index contributed by atoms with van der Waals surface area (Å²) in [5.41, 5.74) is 0. The summed E-state index contributed by atoms with van der Waals surface area (Å²) >= 11 is 0. The number of hydrogen-bond donors (Lipinski definition) is 4. The average molecular weight is 266 g/mol. The highest BCUT2D eigenvalue weighted by Gasteiger charge is 2.33. The third-order valence-electron chi connectivity index (χ3n) is 1.38. The summed E-state index contributed by atoms with van der Waals surface area (Å²) in [7, 11) is -12.8. The molecule has 1 unspecified atom stereocenters. The van der Waals surface area contributed by atoms with Gasteiger partial charge in [-0.2, -0.15) is 16.8 Å². The summed E-state index contributed by atoms with van der Waals surface area (Å²) in [4.78, 5) is 15.3. The highest BCUT2D eigenvalue weighted by atomic mass is 32.2. The van der Waals surface area contributed by atoms with Crippen molar-refractivity contribution < 1.29 is 35.5 Å². The minimum Gasteiger partial charge on any atom is -0.412 e. The molecule has 0 saturated heterocycles. The van der Waals surface area contributed by atoms with Crippen LogP contribution in [0.15, 0.2) is 0 Å². The first-order chi connectivity index (χ1) is 6.04.